The van der Waals surface area contributed by atoms with Crippen LogP contribution in [0.1, 0.15) is 28.3 Å². The molecule has 0 atom stereocenters. The Morgan fingerprint density at radius 2 is 1.94 bits per heavy atom. The Labute approximate surface area is 191 Å². The number of hydrogen-bond donors (Lipinski definition) is 1. The van der Waals surface area contributed by atoms with E-state index in [9.17, 15) is 18.3 Å². The first-order valence-electron chi connectivity index (χ1n) is 10.1. The van der Waals surface area contributed by atoms with Crippen LogP contribution in [0.15, 0.2) is 56.8 Å². The lowest BCUT2D eigenvalue weighted by molar-refractivity contribution is -0.755. The Balaban J connectivity index is 1.43. The smallest absolute Gasteiger partial charge is 0.416 e. The van der Waals surface area contributed by atoms with Gasteiger partial charge >= 0.3 is 12.1 Å². The summed E-state index contributed by atoms with van der Waals surface area (Å²) in [5.74, 6) is 0.579. The molecule has 0 spiro atoms. The van der Waals surface area contributed by atoms with Crippen LogP contribution in [-0.2, 0) is 12.7 Å². The molecule has 0 amide bonds. The number of nitrogens with one attached hydrogen (secondary N) is 1. The van der Waals surface area contributed by atoms with Crippen LogP contribution in [0.2, 0.25) is 0 Å². The number of nitrogens with zero attached hydrogens (tertiary/aromatic N) is 5. The van der Waals surface area contributed by atoms with Crippen LogP contribution in [-0.4, -0.2) is 21.4 Å². The van der Waals surface area contributed by atoms with Gasteiger partial charge in [0.15, 0.2) is 0 Å². The van der Waals surface area contributed by atoms with Gasteiger partial charge in [-0.15, -0.1) is 0 Å². The molecule has 0 aliphatic heterocycles. The third kappa shape index (κ3) is 5.05. The van der Waals surface area contributed by atoms with Crippen molar-refractivity contribution in [3.8, 4) is 11.1 Å². The van der Waals surface area contributed by atoms with Crippen LogP contribution in [0.3, 0.4) is 0 Å². The summed E-state index contributed by atoms with van der Waals surface area (Å²) < 4.78 is 50.7. The summed E-state index contributed by atoms with van der Waals surface area (Å²) in [5, 5.41) is 22.1. The molecule has 0 bridgehead atoms. The van der Waals surface area contributed by atoms with Crippen molar-refractivity contribution < 1.29 is 32.0 Å². The second-order valence-electron chi connectivity index (χ2n) is 7.54. The van der Waals surface area contributed by atoms with E-state index in [2.05, 4.69) is 25.7 Å². The zero-order valence-electron chi connectivity index (χ0n) is 18.3. The van der Waals surface area contributed by atoms with Crippen LogP contribution in [0, 0.1) is 20.8 Å². The quantitative estimate of drug-likeness (QED) is 0.269. The Morgan fingerprint density at radius 3 is 2.59 bits per heavy atom. The van der Waals surface area contributed by atoms with Crippen molar-refractivity contribution in [3.05, 3.63) is 71.0 Å². The number of halogens is 3. The van der Waals surface area contributed by atoms with Crippen molar-refractivity contribution in [2.45, 2.75) is 33.5 Å². The fourth-order valence-electron chi connectivity index (χ4n) is 3.38. The molecule has 176 valence electrons. The largest absolute Gasteiger partial charge is 0.846 e. The Morgan fingerprint density at radius 1 is 1.15 bits per heavy atom. The molecule has 4 rings (SSSR count). The van der Waals surface area contributed by atoms with E-state index in [0.29, 0.717) is 11.5 Å². The molecule has 34 heavy (non-hydrogen) atoms. The highest BCUT2D eigenvalue weighted by Crippen LogP contribution is 2.33. The van der Waals surface area contributed by atoms with Crippen molar-refractivity contribution >= 4 is 17.6 Å². The van der Waals surface area contributed by atoms with Crippen LogP contribution < -0.4 is 15.1 Å². The number of alkyl halides is 3. The van der Waals surface area contributed by atoms with Gasteiger partial charge in [-0.3, -0.25) is 9.51 Å². The molecule has 0 aliphatic carbocycles. The monoisotopic (exact) mass is 472 g/mol. The van der Waals surface area contributed by atoms with E-state index in [1.165, 1.54) is 29.9 Å². The van der Waals surface area contributed by atoms with Crippen LogP contribution >= 0.6 is 0 Å². The van der Waals surface area contributed by atoms with Gasteiger partial charge in [-0.05, 0) is 49.2 Å². The molecule has 0 saturated heterocycles. The molecule has 1 aromatic carbocycles. The molecule has 9 nitrogen and oxygen atoms in total. The van der Waals surface area contributed by atoms with Gasteiger partial charge in [-0.25, -0.2) is 4.99 Å². The second-order valence-corrected chi connectivity index (χ2v) is 7.54. The maximum atomic E-state index is 13.0. The highest BCUT2D eigenvalue weighted by Gasteiger charge is 2.32. The Bertz CT molecular complexity index is 1320. The van der Waals surface area contributed by atoms with Crippen LogP contribution in [0.4, 0.5) is 24.7 Å². The summed E-state index contributed by atoms with van der Waals surface area (Å²) >= 11 is 0. The average molecular weight is 472 g/mol. The van der Waals surface area contributed by atoms with Gasteiger partial charge in [0.05, 0.1) is 17.3 Å². The fraction of sp³-hybridized carbons (Fsp3) is 0.227. The number of pyridine rings is 1. The lowest BCUT2D eigenvalue weighted by atomic mass is 10.1. The molecule has 3 heterocycles. The number of aryl methyl sites for hydroxylation is 3. The van der Waals surface area contributed by atoms with Gasteiger partial charge in [0.1, 0.15) is 11.5 Å². The minimum Gasteiger partial charge on any atom is -0.846 e. The van der Waals surface area contributed by atoms with Crippen LogP contribution in [0.25, 0.3) is 11.1 Å². The molecule has 3 aromatic heterocycles. The number of amidine groups is 1. The number of hydrogen-bond acceptors (Lipinski definition) is 7. The highest BCUT2D eigenvalue weighted by atomic mass is 19.4. The summed E-state index contributed by atoms with van der Waals surface area (Å²) in [6, 6.07) is 6.26. The minimum absolute atomic E-state index is 0.0401. The summed E-state index contributed by atoms with van der Waals surface area (Å²) in [4.78, 5) is 8.08. The van der Waals surface area contributed by atoms with Crippen molar-refractivity contribution in [2.24, 2.45) is 4.99 Å². The zero-order valence-corrected chi connectivity index (χ0v) is 18.3. The van der Waals surface area contributed by atoms with E-state index in [-0.39, 0.29) is 23.7 Å². The van der Waals surface area contributed by atoms with Gasteiger partial charge in [0.2, 0.25) is 11.8 Å². The van der Waals surface area contributed by atoms with E-state index in [0.717, 1.165) is 22.9 Å². The standard InChI is InChI=1S/C22H19F3N6O3/c1-12-4-6-16(8-18(12)22(23,24)25)27-21(32)28-19-11-31(30-34-19)10-17-7-5-15(9-26-17)20-13(2)29-33-14(20)3/h4-9,11H,10H2,1-3H3,(H-,27,28,30,32). The van der Waals surface area contributed by atoms with Crippen molar-refractivity contribution in [2.75, 3.05) is 5.32 Å². The summed E-state index contributed by atoms with van der Waals surface area (Å²) in [5.41, 5.74) is 2.36. The number of aliphatic imine (C=N–C) groups is 1. The first-order chi connectivity index (χ1) is 16.1. The Kier molecular flexibility index (Phi) is 6.05. The number of rotatable bonds is 5. The molecule has 0 radical (unpaired) electrons. The topological polar surface area (TPSA) is 116 Å². The molecule has 1 N–H and O–H groups in total. The average Bonchev–Trinajstić information content (AvgIpc) is 3.34. The maximum absolute atomic E-state index is 13.0. The lowest BCUT2D eigenvalue weighted by Gasteiger charge is -2.15. The molecule has 4 aromatic rings. The minimum atomic E-state index is -4.53. The predicted octanol–water partition coefficient (Wildman–Crippen LogP) is 3.46. The van der Waals surface area contributed by atoms with Crippen LogP contribution in [0.5, 0.6) is 0 Å². The van der Waals surface area contributed by atoms with Crippen molar-refractivity contribution in [1.29, 1.82) is 0 Å². The zero-order chi connectivity index (χ0) is 24.5. The SMILES string of the molecule is Cc1ccc(N/C([O-])=N/c2c[n+](Cc3ccc(-c4c(C)noc4C)cn3)no2)cc1C(F)(F)F. The number of anilines is 1. The molecular formula is C22H19F3N6O3. The first kappa shape index (κ1) is 23.0. The third-order valence-corrected chi connectivity index (χ3v) is 4.98. The van der Waals surface area contributed by atoms with E-state index < -0.39 is 17.8 Å². The normalized spacial score (nSPS) is 12.2. The van der Waals surface area contributed by atoms with Crippen molar-refractivity contribution in [1.82, 2.24) is 15.4 Å². The highest BCUT2D eigenvalue weighted by molar-refractivity contribution is 5.87. The number of benzene rings is 1. The number of aromatic nitrogens is 4. The van der Waals surface area contributed by atoms with Gasteiger partial charge in [0, 0.05) is 23.0 Å². The fourth-order valence-corrected chi connectivity index (χ4v) is 3.38. The van der Waals surface area contributed by atoms with E-state index in [4.69, 9.17) is 9.05 Å². The summed E-state index contributed by atoms with van der Waals surface area (Å²) in [6.07, 6.45) is -1.46. The van der Waals surface area contributed by atoms with Gasteiger partial charge in [0.25, 0.3) is 6.20 Å². The first-order valence-corrected chi connectivity index (χ1v) is 10.1. The van der Waals surface area contributed by atoms with Gasteiger partial charge in [-0.1, -0.05) is 17.3 Å². The van der Waals surface area contributed by atoms with E-state index >= 15 is 0 Å². The van der Waals surface area contributed by atoms with Gasteiger partial charge in [-0.2, -0.15) is 13.2 Å². The molecule has 0 saturated carbocycles. The van der Waals surface area contributed by atoms with E-state index in [1.54, 1.807) is 6.20 Å². The molecule has 12 heteroatoms. The molecular weight excluding hydrogens is 453 g/mol. The lowest BCUT2D eigenvalue weighted by Crippen LogP contribution is -2.35. The maximum Gasteiger partial charge on any atom is 0.416 e. The molecule has 0 unspecified atom stereocenters. The Hall–Kier alpha value is -4.22. The van der Waals surface area contributed by atoms with E-state index in [1.807, 2.05) is 26.0 Å². The second kappa shape index (κ2) is 8.96. The molecule has 0 aliphatic rings. The van der Waals surface area contributed by atoms with Gasteiger partial charge < -0.3 is 14.9 Å². The van der Waals surface area contributed by atoms with Crippen molar-refractivity contribution in [3.63, 3.8) is 0 Å². The predicted molar refractivity (Wildman–Crippen MR) is 112 cm³/mol. The third-order valence-electron chi connectivity index (χ3n) is 4.98. The molecule has 0 fully saturated rings. The summed E-state index contributed by atoms with van der Waals surface area (Å²) in [6.45, 7) is 5.25. The summed E-state index contributed by atoms with van der Waals surface area (Å²) in [7, 11) is 0.